The molecule has 0 saturated heterocycles. The molecule has 0 amide bonds. The molecule has 0 radical (unpaired) electrons. The van der Waals surface area contributed by atoms with Gasteiger partial charge < -0.3 is 24.6 Å². The molecule has 0 aromatic heterocycles. The molecule has 0 fully saturated rings. The second kappa shape index (κ2) is 14.3. The predicted molar refractivity (Wildman–Crippen MR) is 143 cm³/mol. The molecule has 2 atom stereocenters. The monoisotopic (exact) mass is 555 g/mol. The van der Waals surface area contributed by atoms with E-state index in [0.717, 1.165) is 47.3 Å². The summed E-state index contributed by atoms with van der Waals surface area (Å²) in [5.74, 6) is 1.55. The molecule has 0 aliphatic rings. The molecule has 7 heteroatoms. The summed E-state index contributed by atoms with van der Waals surface area (Å²) in [5.41, 5.74) is 2.03. The molecule has 2 aromatic carbocycles. The third-order valence-electron chi connectivity index (χ3n) is 5.83. The summed E-state index contributed by atoms with van der Waals surface area (Å²) in [5, 5.41) is 20.0. The zero-order valence-electron chi connectivity index (χ0n) is 20.8. The van der Waals surface area contributed by atoms with Crippen LogP contribution in [0.5, 0.6) is 11.5 Å². The van der Waals surface area contributed by atoms with Crippen LogP contribution in [0.1, 0.15) is 51.7 Å². The van der Waals surface area contributed by atoms with Gasteiger partial charge in [0.05, 0.1) is 10.4 Å². The first-order chi connectivity index (χ1) is 16.2. The first-order valence-electron chi connectivity index (χ1n) is 12.0. The number of hydrogen-bond donors (Lipinski definition) is 2. The summed E-state index contributed by atoms with van der Waals surface area (Å²) < 4.78 is 12.3. The quantitative estimate of drug-likeness (QED) is 0.279. The lowest BCUT2D eigenvalue weighted by Crippen LogP contribution is -2.36. The number of alkyl halides is 1. The fraction of sp³-hybridized carbons (Fsp3) is 0.556. The lowest BCUT2D eigenvalue weighted by atomic mass is 9.78. The van der Waals surface area contributed by atoms with Crippen molar-refractivity contribution in [2.24, 2.45) is 0 Å². The number of halogens is 2. The van der Waals surface area contributed by atoms with Crippen LogP contribution >= 0.6 is 27.5 Å². The number of hydrogen-bond acceptors (Lipinski definition) is 5. The molecule has 5 nitrogen and oxygen atoms in total. The van der Waals surface area contributed by atoms with Crippen LogP contribution in [0.3, 0.4) is 0 Å². The highest BCUT2D eigenvalue weighted by molar-refractivity contribution is 9.10. The summed E-state index contributed by atoms with van der Waals surface area (Å²) in [4.78, 5) is 2.29. The van der Waals surface area contributed by atoms with Gasteiger partial charge >= 0.3 is 0 Å². The molecular weight excluding hydrogens is 518 g/mol. The maximum Gasteiger partial charge on any atom is 0.133 e. The summed E-state index contributed by atoms with van der Waals surface area (Å²) in [7, 11) is 0. The van der Waals surface area contributed by atoms with Crippen LogP contribution in [0, 0.1) is 0 Å². The van der Waals surface area contributed by atoms with Crippen molar-refractivity contribution in [1.82, 2.24) is 4.90 Å². The van der Waals surface area contributed by atoms with Gasteiger partial charge in [-0.25, -0.2) is 0 Å². The molecule has 0 spiro atoms. The fourth-order valence-electron chi connectivity index (χ4n) is 3.84. The maximum absolute atomic E-state index is 10.4. The summed E-state index contributed by atoms with van der Waals surface area (Å²) in [6, 6.07) is 14.0. The fourth-order valence-corrected chi connectivity index (χ4v) is 4.42. The second-order valence-corrected chi connectivity index (χ2v) is 10.3. The molecule has 34 heavy (non-hydrogen) atoms. The summed E-state index contributed by atoms with van der Waals surface area (Å²) >= 11 is 9.21. The molecule has 0 saturated carbocycles. The Kier molecular flexibility index (Phi) is 12.2. The number of nitrogens with zero attached hydrogens (tertiary/aromatic N) is 1. The van der Waals surface area contributed by atoms with Crippen LogP contribution in [0.15, 0.2) is 46.9 Å². The van der Waals surface area contributed by atoms with E-state index in [1.165, 1.54) is 0 Å². The van der Waals surface area contributed by atoms with Crippen molar-refractivity contribution < 1.29 is 19.7 Å². The molecular formula is C27H39BrClNO4. The van der Waals surface area contributed by atoms with E-state index in [4.69, 9.17) is 21.1 Å². The molecule has 2 aromatic rings. The third-order valence-corrected chi connectivity index (χ3v) is 6.81. The Morgan fingerprint density at radius 2 is 1.50 bits per heavy atom. The SMILES string of the molecule is CCCN(CCC)CC(O)COc1ccc(C(C)(C)c2ccc(OCC(O)CCl)c(Br)c2)cc1. The smallest absolute Gasteiger partial charge is 0.133 e. The van der Waals surface area contributed by atoms with E-state index < -0.39 is 12.2 Å². The van der Waals surface area contributed by atoms with Crippen LogP contribution < -0.4 is 9.47 Å². The van der Waals surface area contributed by atoms with E-state index in [1.807, 2.05) is 30.3 Å². The van der Waals surface area contributed by atoms with Crippen molar-refractivity contribution in [2.45, 2.75) is 58.2 Å². The van der Waals surface area contributed by atoms with Crippen molar-refractivity contribution in [1.29, 1.82) is 0 Å². The van der Waals surface area contributed by atoms with Gasteiger partial charge in [0.1, 0.15) is 36.9 Å². The Balaban J connectivity index is 1.99. The first-order valence-corrected chi connectivity index (χ1v) is 13.3. The van der Waals surface area contributed by atoms with Gasteiger partial charge in [0.25, 0.3) is 0 Å². The van der Waals surface area contributed by atoms with Crippen molar-refractivity contribution in [3.05, 3.63) is 58.1 Å². The highest BCUT2D eigenvalue weighted by Crippen LogP contribution is 2.36. The molecule has 0 aliphatic heterocycles. The number of aliphatic hydroxyl groups is 2. The minimum absolute atomic E-state index is 0.136. The van der Waals surface area contributed by atoms with E-state index in [2.05, 4.69) is 60.7 Å². The average molecular weight is 557 g/mol. The van der Waals surface area contributed by atoms with Gasteiger partial charge in [-0.15, -0.1) is 11.6 Å². The van der Waals surface area contributed by atoms with E-state index in [9.17, 15) is 10.2 Å². The summed E-state index contributed by atoms with van der Waals surface area (Å²) in [6.45, 7) is 11.7. The Morgan fingerprint density at radius 1 is 0.912 bits per heavy atom. The van der Waals surface area contributed by atoms with E-state index in [0.29, 0.717) is 12.3 Å². The normalized spacial score (nSPS) is 13.7. The molecule has 190 valence electrons. The van der Waals surface area contributed by atoms with Gasteiger partial charge in [-0.2, -0.15) is 0 Å². The van der Waals surface area contributed by atoms with Gasteiger partial charge in [0.15, 0.2) is 0 Å². The minimum atomic E-state index is -0.696. The highest BCUT2D eigenvalue weighted by atomic mass is 79.9. The molecule has 2 rings (SSSR count). The van der Waals surface area contributed by atoms with Crippen LogP contribution in [0.2, 0.25) is 0 Å². The van der Waals surface area contributed by atoms with Crippen LogP contribution in [0.25, 0.3) is 0 Å². The molecule has 0 aliphatic carbocycles. The molecule has 2 N–H and O–H groups in total. The number of ether oxygens (including phenoxy) is 2. The standard InChI is InChI=1S/C27H39BrClNO4/c1-5-13-30(14-6-2)17-23(32)19-33-24-10-7-20(8-11-24)27(3,4)21-9-12-26(25(28)15-21)34-18-22(31)16-29/h7-12,15,22-23,31-32H,5-6,13-14,16-19H2,1-4H3. The first kappa shape index (κ1) is 28.9. The molecule has 2 unspecified atom stereocenters. The number of aliphatic hydroxyl groups excluding tert-OH is 2. The Labute approximate surface area is 218 Å². The van der Waals surface area contributed by atoms with Crippen molar-refractivity contribution >= 4 is 27.5 Å². The van der Waals surface area contributed by atoms with Gasteiger partial charge in [0.2, 0.25) is 0 Å². The largest absolute Gasteiger partial charge is 0.491 e. The van der Waals surface area contributed by atoms with Gasteiger partial charge in [-0.3, -0.25) is 0 Å². The van der Waals surface area contributed by atoms with Crippen molar-refractivity contribution in [3.63, 3.8) is 0 Å². The maximum atomic E-state index is 10.4. The lowest BCUT2D eigenvalue weighted by molar-refractivity contribution is 0.0681. The zero-order chi connectivity index (χ0) is 25.1. The topological polar surface area (TPSA) is 62.2 Å². The Morgan fingerprint density at radius 3 is 2.06 bits per heavy atom. The Hall–Kier alpha value is -1.31. The average Bonchev–Trinajstić information content (AvgIpc) is 2.82. The minimum Gasteiger partial charge on any atom is -0.491 e. The number of benzene rings is 2. The second-order valence-electron chi connectivity index (χ2n) is 9.18. The van der Waals surface area contributed by atoms with Gasteiger partial charge in [0, 0.05) is 12.0 Å². The van der Waals surface area contributed by atoms with Crippen LogP contribution in [-0.2, 0) is 5.41 Å². The van der Waals surface area contributed by atoms with E-state index in [-0.39, 0.29) is 24.5 Å². The Bertz CT molecular complexity index is 856. The van der Waals surface area contributed by atoms with Gasteiger partial charge in [-0.1, -0.05) is 45.9 Å². The van der Waals surface area contributed by atoms with Crippen molar-refractivity contribution in [3.8, 4) is 11.5 Å². The predicted octanol–water partition coefficient (Wildman–Crippen LogP) is 5.62. The van der Waals surface area contributed by atoms with E-state index >= 15 is 0 Å². The molecule has 0 heterocycles. The van der Waals surface area contributed by atoms with Crippen molar-refractivity contribution in [2.75, 3.05) is 38.7 Å². The number of rotatable bonds is 15. The van der Waals surface area contributed by atoms with Crippen LogP contribution in [-0.4, -0.2) is 66.0 Å². The summed E-state index contributed by atoms with van der Waals surface area (Å²) in [6.07, 6.45) is 0.943. The van der Waals surface area contributed by atoms with E-state index in [1.54, 1.807) is 0 Å². The van der Waals surface area contributed by atoms with Gasteiger partial charge in [-0.05, 0) is 77.3 Å². The molecule has 0 bridgehead atoms. The highest BCUT2D eigenvalue weighted by Gasteiger charge is 2.24. The van der Waals surface area contributed by atoms with Crippen LogP contribution in [0.4, 0.5) is 0 Å². The third kappa shape index (κ3) is 8.72. The lowest BCUT2D eigenvalue weighted by Gasteiger charge is -2.27. The zero-order valence-corrected chi connectivity index (χ0v) is 23.1.